The molecule has 5 heteroatoms. The number of nitrogens with one attached hydrogen (secondary N) is 1. The Labute approximate surface area is 137 Å². The molecule has 1 amide bonds. The standard InChI is InChI=1S/C18H25NO4/c1-12(2)17(20)19-11-13-4-3-5-16(10-13)23-15-8-6-14(7-9-15)18(21)22/h3-5,10,12,14-15H,6-9,11H2,1-2H3,(H,19,20)(H,21,22). The normalized spacial score (nSPS) is 21.0. The SMILES string of the molecule is CC(C)C(=O)NCc1cccc(OC2CCC(C(=O)O)CC2)c1. The summed E-state index contributed by atoms with van der Waals surface area (Å²) in [7, 11) is 0. The van der Waals surface area contributed by atoms with Gasteiger partial charge in [-0.25, -0.2) is 0 Å². The molecule has 5 nitrogen and oxygen atoms in total. The third-order valence-electron chi connectivity index (χ3n) is 4.22. The van der Waals surface area contributed by atoms with Crippen molar-refractivity contribution < 1.29 is 19.4 Å². The van der Waals surface area contributed by atoms with Crippen molar-refractivity contribution in [3.63, 3.8) is 0 Å². The summed E-state index contributed by atoms with van der Waals surface area (Å²) in [6, 6.07) is 7.70. The number of hydrogen-bond acceptors (Lipinski definition) is 3. The number of carboxylic acid groups (broad SMARTS) is 1. The molecule has 0 aromatic heterocycles. The van der Waals surface area contributed by atoms with Crippen LogP contribution in [0.5, 0.6) is 5.75 Å². The van der Waals surface area contributed by atoms with Crippen LogP contribution in [0.3, 0.4) is 0 Å². The second kappa shape index (κ2) is 7.99. The van der Waals surface area contributed by atoms with E-state index in [-0.39, 0.29) is 23.8 Å². The first-order valence-electron chi connectivity index (χ1n) is 8.22. The molecule has 1 aliphatic carbocycles. The largest absolute Gasteiger partial charge is 0.490 e. The van der Waals surface area contributed by atoms with Gasteiger partial charge in [-0.05, 0) is 43.4 Å². The predicted molar refractivity (Wildman–Crippen MR) is 87.1 cm³/mol. The van der Waals surface area contributed by atoms with Gasteiger partial charge in [-0.1, -0.05) is 26.0 Å². The lowest BCUT2D eigenvalue weighted by Crippen LogP contribution is -2.28. The maximum atomic E-state index is 11.6. The lowest BCUT2D eigenvalue weighted by Gasteiger charge is -2.27. The summed E-state index contributed by atoms with van der Waals surface area (Å²) in [4.78, 5) is 22.6. The number of carboxylic acids is 1. The number of aliphatic carboxylic acids is 1. The number of carbonyl (C=O) groups is 2. The quantitative estimate of drug-likeness (QED) is 0.845. The van der Waals surface area contributed by atoms with Crippen molar-refractivity contribution in [1.82, 2.24) is 5.32 Å². The molecule has 2 rings (SSSR count). The Kier molecular flexibility index (Phi) is 6.02. The van der Waals surface area contributed by atoms with Gasteiger partial charge in [0.15, 0.2) is 0 Å². The molecule has 1 fully saturated rings. The lowest BCUT2D eigenvalue weighted by molar-refractivity contribution is -0.143. The molecule has 23 heavy (non-hydrogen) atoms. The van der Waals surface area contributed by atoms with E-state index in [0.717, 1.165) is 24.2 Å². The first-order valence-corrected chi connectivity index (χ1v) is 8.22. The van der Waals surface area contributed by atoms with Gasteiger partial charge in [0.25, 0.3) is 0 Å². The third-order valence-corrected chi connectivity index (χ3v) is 4.22. The van der Waals surface area contributed by atoms with Crippen LogP contribution in [0.25, 0.3) is 0 Å². The van der Waals surface area contributed by atoms with Crippen LogP contribution < -0.4 is 10.1 Å². The number of amides is 1. The molecule has 0 aliphatic heterocycles. The van der Waals surface area contributed by atoms with Crippen LogP contribution in [0.2, 0.25) is 0 Å². The van der Waals surface area contributed by atoms with Crippen LogP contribution in [0, 0.1) is 11.8 Å². The van der Waals surface area contributed by atoms with Crippen molar-refractivity contribution in [3.05, 3.63) is 29.8 Å². The van der Waals surface area contributed by atoms with Crippen LogP contribution in [0.1, 0.15) is 45.1 Å². The summed E-state index contributed by atoms with van der Waals surface area (Å²) in [5, 5.41) is 11.9. The fourth-order valence-electron chi connectivity index (χ4n) is 2.74. The van der Waals surface area contributed by atoms with Gasteiger partial charge in [0.05, 0.1) is 12.0 Å². The maximum Gasteiger partial charge on any atom is 0.306 e. The zero-order valence-corrected chi connectivity index (χ0v) is 13.7. The van der Waals surface area contributed by atoms with E-state index in [4.69, 9.17) is 9.84 Å². The summed E-state index contributed by atoms with van der Waals surface area (Å²) in [6.45, 7) is 4.21. The first-order chi connectivity index (χ1) is 11.0. The highest BCUT2D eigenvalue weighted by atomic mass is 16.5. The van der Waals surface area contributed by atoms with Crippen LogP contribution in [0.15, 0.2) is 24.3 Å². The van der Waals surface area contributed by atoms with E-state index >= 15 is 0 Å². The Bertz CT molecular complexity index is 548. The maximum absolute atomic E-state index is 11.6. The monoisotopic (exact) mass is 319 g/mol. The lowest BCUT2D eigenvalue weighted by atomic mass is 9.87. The smallest absolute Gasteiger partial charge is 0.306 e. The molecule has 0 radical (unpaired) electrons. The molecule has 1 aromatic carbocycles. The van der Waals surface area contributed by atoms with Gasteiger partial charge in [-0.3, -0.25) is 9.59 Å². The van der Waals surface area contributed by atoms with E-state index in [2.05, 4.69) is 5.32 Å². The van der Waals surface area contributed by atoms with Crippen molar-refractivity contribution in [1.29, 1.82) is 0 Å². The van der Waals surface area contributed by atoms with Gasteiger partial charge in [-0.2, -0.15) is 0 Å². The minimum Gasteiger partial charge on any atom is -0.490 e. The summed E-state index contributed by atoms with van der Waals surface area (Å²) < 4.78 is 5.97. The zero-order chi connectivity index (χ0) is 16.8. The molecule has 0 bridgehead atoms. The summed E-state index contributed by atoms with van der Waals surface area (Å²) in [6.07, 6.45) is 2.95. The van der Waals surface area contributed by atoms with E-state index in [1.807, 2.05) is 38.1 Å². The minimum atomic E-state index is -0.702. The van der Waals surface area contributed by atoms with E-state index < -0.39 is 5.97 Å². The highest BCUT2D eigenvalue weighted by Gasteiger charge is 2.26. The third kappa shape index (κ3) is 5.27. The van der Waals surface area contributed by atoms with Gasteiger partial charge in [0.1, 0.15) is 5.75 Å². The Morgan fingerprint density at radius 2 is 1.96 bits per heavy atom. The van der Waals surface area contributed by atoms with Gasteiger partial charge in [-0.15, -0.1) is 0 Å². The summed E-state index contributed by atoms with van der Waals surface area (Å²) >= 11 is 0. The second-order valence-electron chi connectivity index (χ2n) is 6.45. The number of hydrogen-bond donors (Lipinski definition) is 2. The van der Waals surface area contributed by atoms with Gasteiger partial charge in [0, 0.05) is 12.5 Å². The molecule has 0 spiro atoms. The molecule has 1 saturated carbocycles. The zero-order valence-electron chi connectivity index (χ0n) is 13.7. The molecule has 2 N–H and O–H groups in total. The first kappa shape index (κ1) is 17.3. The molecule has 0 atom stereocenters. The molecular formula is C18H25NO4. The fourth-order valence-corrected chi connectivity index (χ4v) is 2.74. The number of rotatable bonds is 6. The Balaban J connectivity index is 1.86. The molecule has 1 aliphatic rings. The fraction of sp³-hybridized carbons (Fsp3) is 0.556. The minimum absolute atomic E-state index is 0.0288. The van der Waals surface area contributed by atoms with Crippen LogP contribution in [-0.4, -0.2) is 23.1 Å². The Hall–Kier alpha value is -2.04. The van der Waals surface area contributed by atoms with E-state index in [0.29, 0.717) is 19.4 Å². The van der Waals surface area contributed by atoms with E-state index in [1.54, 1.807) is 0 Å². The van der Waals surface area contributed by atoms with Gasteiger partial charge < -0.3 is 15.2 Å². The number of ether oxygens (including phenoxy) is 1. The van der Waals surface area contributed by atoms with Crippen molar-refractivity contribution >= 4 is 11.9 Å². The van der Waals surface area contributed by atoms with Crippen molar-refractivity contribution in [2.75, 3.05) is 0 Å². The highest BCUT2D eigenvalue weighted by molar-refractivity contribution is 5.77. The molecule has 1 aromatic rings. The predicted octanol–water partition coefficient (Wildman–Crippen LogP) is 2.98. The molecule has 0 saturated heterocycles. The van der Waals surface area contributed by atoms with Gasteiger partial charge in [0.2, 0.25) is 5.91 Å². The molecule has 0 heterocycles. The van der Waals surface area contributed by atoms with Crippen molar-refractivity contribution in [2.24, 2.45) is 11.8 Å². The molecular weight excluding hydrogens is 294 g/mol. The highest BCUT2D eigenvalue weighted by Crippen LogP contribution is 2.28. The Morgan fingerprint density at radius 1 is 1.26 bits per heavy atom. The second-order valence-corrected chi connectivity index (χ2v) is 6.45. The number of carbonyl (C=O) groups excluding carboxylic acids is 1. The van der Waals surface area contributed by atoms with Gasteiger partial charge >= 0.3 is 5.97 Å². The summed E-state index contributed by atoms with van der Waals surface area (Å²) in [5.74, 6) is -0.152. The average Bonchev–Trinajstić information content (AvgIpc) is 2.53. The van der Waals surface area contributed by atoms with Crippen LogP contribution >= 0.6 is 0 Å². The van der Waals surface area contributed by atoms with Crippen molar-refractivity contribution in [3.8, 4) is 5.75 Å². The number of benzene rings is 1. The topological polar surface area (TPSA) is 75.6 Å². The Morgan fingerprint density at radius 3 is 2.57 bits per heavy atom. The van der Waals surface area contributed by atoms with Crippen LogP contribution in [-0.2, 0) is 16.1 Å². The molecule has 126 valence electrons. The average molecular weight is 319 g/mol. The molecule has 0 unspecified atom stereocenters. The summed E-state index contributed by atoms with van der Waals surface area (Å²) in [5.41, 5.74) is 0.996. The van der Waals surface area contributed by atoms with E-state index in [9.17, 15) is 9.59 Å². The van der Waals surface area contributed by atoms with Crippen molar-refractivity contribution in [2.45, 2.75) is 52.2 Å². The van der Waals surface area contributed by atoms with Crippen LogP contribution in [0.4, 0.5) is 0 Å². The van der Waals surface area contributed by atoms with E-state index in [1.165, 1.54) is 0 Å².